The molecule has 178 valence electrons. The molecule has 0 aromatic heterocycles. The first-order valence-corrected chi connectivity index (χ1v) is 10.8. The van der Waals surface area contributed by atoms with Crippen LogP contribution in [0, 0.1) is 0 Å². The number of amides is 4. The van der Waals surface area contributed by atoms with Crippen molar-refractivity contribution in [1.29, 1.82) is 0 Å². The van der Waals surface area contributed by atoms with Crippen LogP contribution in [-0.4, -0.2) is 67.0 Å². The molecular weight excluding hydrogens is 441 g/mol. The smallest absolute Gasteiger partial charge is 0.376 e. The number of likely N-dealkylation sites (N-methyl/N-ethyl adjacent to an activating group) is 1. The zero-order valence-electron chi connectivity index (χ0n) is 18.1. The fourth-order valence-electron chi connectivity index (χ4n) is 4.28. The Bertz CT molecular complexity index is 971. The van der Waals surface area contributed by atoms with Crippen molar-refractivity contribution >= 4 is 17.8 Å². The number of nitrogens with one attached hydrogen (secondary N) is 2. The molecule has 2 N–H and O–H groups in total. The Morgan fingerprint density at radius 1 is 1.24 bits per heavy atom. The van der Waals surface area contributed by atoms with Crippen LogP contribution < -0.4 is 10.6 Å². The van der Waals surface area contributed by atoms with Crippen LogP contribution >= 0.6 is 0 Å². The van der Waals surface area contributed by atoms with E-state index in [0.29, 0.717) is 30.0 Å². The SMILES string of the molecule is CN1C(=O)N[C@H](c2ccc(C(F)(F)F)cc2)C2=C1CN(CCC(=O)NC[C@@H]1CCCO1)C2=O. The normalized spacial score (nSPS) is 23.2. The van der Waals surface area contributed by atoms with Crippen LogP contribution in [-0.2, 0) is 20.5 Å². The molecule has 2 atom stereocenters. The van der Waals surface area contributed by atoms with Gasteiger partial charge >= 0.3 is 12.2 Å². The summed E-state index contributed by atoms with van der Waals surface area (Å²) < 4.78 is 44.2. The van der Waals surface area contributed by atoms with Gasteiger partial charge < -0.3 is 20.3 Å². The summed E-state index contributed by atoms with van der Waals surface area (Å²) in [7, 11) is 1.53. The van der Waals surface area contributed by atoms with Crippen LogP contribution in [0.1, 0.15) is 36.4 Å². The summed E-state index contributed by atoms with van der Waals surface area (Å²) in [6, 6.07) is 3.06. The molecule has 4 rings (SSSR count). The summed E-state index contributed by atoms with van der Waals surface area (Å²) in [5.41, 5.74) is 0.347. The topological polar surface area (TPSA) is 91.0 Å². The van der Waals surface area contributed by atoms with E-state index in [-0.39, 0.29) is 37.4 Å². The Morgan fingerprint density at radius 2 is 1.97 bits per heavy atom. The molecule has 0 radical (unpaired) electrons. The maximum atomic E-state index is 13.1. The fourth-order valence-corrected chi connectivity index (χ4v) is 4.28. The third-order valence-electron chi connectivity index (χ3n) is 6.17. The van der Waals surface area contributed by atoms with Crippen molar-refractivity contribution < 1.29 is 32.3 Å². The molecular formula is C22H25F3N4O4. The number of carbonyl (C=O) groups excluding carboxylic acids is 3. The largest absolute Gasteiger partial charge is 0.416 e. The standard InChI is InChI=1S/C22H25F3N4O4/c1-28-16-12-29(9-8-17(30)26-11-15-3-2-10-33-15)20(31)18(16)19(27-21(28)32)13-4-6-14(7-5-13)22(23,24)25/h4-7,15,19H,2-3,8-12H2,1H3,(H,26,30)(H,27,32)/t15-,19+/m0/s1. The van der Waals surface area contributed by atoms with E-state index in [1.165, 1.54) is 29.0 Å². The average Bonchev–Trinajstić information content (AvgIpc) is 3.41. The number of alkyl halides is 3. The lowest BCUT2D eigenvalue weighted by Crippen LogP contribution is -2.45. The third-order valence-corrected chi connectivity index (χ3v) is 6.17. The van der Waals surface area contributed by atoms with E-state index in [1.807, 2.05) is 0 Å². The van der Waals surface area contributed by atoms with Gasteiger partial charge in [-0.05, 0) is 30.5 Å². The quantitative estimate of drug-likeness (QED) is 0.673. The van der Waals surface area contributed by atoms with Crippen LogP contribution in [0.25, 0.3) is 0 Å². The van der Waals surface area contributed by atoms with E-state index >= 15 is 0 Å². The molecule has 1 fully saturated rings. The summed E-state index contributed by atoms with van der Waals surface area (Å²) in [4.78, 5) is 40.6. The highest BCUT2D eigenvalue weighted by Crippen LogP contribution is 2.37. The van der Waals surface area contributed by atoms with Crippen molar-refractivity contribution in [2.24, 2.45) is 0 Å². The van der Waals surface area contributed by atoms with Gasteiger partial charge in [0.2, 0.25) is 5.91 Å². The second-order valence-electron chi connectivity index (χ2n) is 8.34. The van der Waals surface area contributed by atoms with Gasteiger partial charge in [0.05, 0.1) is 35.5 Å². The van der Waals surface area contributed by atoms with Gasteiger partial charge in [-0.15, -0.1) is 0 Å². The minimum Gasteiger partial charge on any atom is -0.376 e. The number of urea groups is 1. The zero-order chi connectivity index (χ0) is 23.8. The lowest BCUT2D eigenvalue weighted by molar-refractivity contribution is -0.137. The van der Waals surface area contributed by atoms with Crippen molar-refractivity contribution in [3.63, 3.8) is 0 Å². The second kappa shape index (κ2) is 9.05. The second-order valence-corrected chi connectivity index (χ2v) is 8.34. The summed E-state index contributed by atoms with van der Waals surface area (Å²) in [5, 5.41) is 5.50. The number of carbonyl (C=O) groups is 3. The number of ether oxygens (including phenoxy) is 1. The summed E-state index contributed by atoms with van der Waals surface area (Å²) in [6.45, 7) is 1.43. The van der Waals surface area contributed by atoms with Crippen molar-refractivity contribution in [2.45, 2.75) is 37.6 Å². The van der Waals surface area contributed by atoms with Crippen molar-refractivity contribution in [1.82, 2.24) is 20.4 Å². The van der Waals surface area contributed by atoms with Crippen LogP contribution in [0.3, 0.4) is 0 Å². The van der Waals surface area contributed by atoms with E-state index in [2.05, 4.69) is 10.6 Å². The molecule has 1 aromatic rings. The van der Waals surface area contributed by atoms with Gasteiger partial charge in [0.25, 0.3) is 5.91 Å². The van der Waals surface area contributed by atoms with Gasteiger partial charge in [0.1, 0.15) is 0 Å². The van der Waals surface area contributed by atoms with Crippen LogP contribution in [0.15, 0.2) is 35.5 Å². The van der Waals surface area contributed by atoms with Gasteiger partial charge in [-0.25, -0.2) is 4.79 Å². The maximum Gasteiger partial charge on any atom is 0.416 e. The first-order chi connectivity index (χ1) is 15.6. The van der Waals surface area contributed by atoms with Crippen molar-refractivity contribution in [3.8, 4) is 0 Å². The highest BCUT2D eigenvalue weighted by atomic mass is 19.4. The Hall–Kier alpha value is -3.08. The van der Waals surface area contributed by atoms with Gasteiger partial charge in [-0.3, -0.25) is 14.5 Å². The third kappa shape index (κ3) is 4.82. The minimum absolute atomic E-state index is 0.0200. The predicted molar refractivity (Wildman–Crippen MR) is 111 cm³/mol. The van der Waals surface area contributed by atoms with Gasteiger partial charge in [-0.1, -0.05) is 12.1 Å². The van der Waals surface area contributed by atoms with Crippen LogP contribution in [0.5, 0.6) is 0 Å². The number of hydrogen-bond donors (Lipinski definition) is 2. The lowest BCUT2D eigenvalue weighted by Gasteiger charge is -2.31. The average molecular weight is 466 g/mol. The van der Waals surface area contributed by atoms with Gasteiger partial charge in [0, 0.05) is 33.2 Å². The number of halogens is 3. The molecule has 1 aromatic carbocycles. The van der Waals surface area contributed by atoms with Crippen LogP contribution in [0.4, 0.5) is 18.0 Å². The Kier molecular flexibility index (Phi) is 6.33. The highest BCUT2D eigenvalue weighted by molar-refractivity contribution is 6.01. The Balaban J connectivity index is 1.44. The van der Waals surface area contributed by atoms with Gasteiger partial charge in [0.15, 0.2) is 0 Å². The maximum absolute atomic E-state index is 13.1. The number of hydrogen-bond acceptors (Lipinski definition) is 4. The molecule has 11 heteroatoms. The molecule has 4 amide bonds. The number of nitrogens with zero attached hydrogens (tertiary/aromatic N) is 2. The van der Waals surface area contributed by atoms with E-state index in [0.717, 1.165) is 25.0 Å². The predicted octanol–water partition coefficient (Wildman–Crippen LogP) is 2.18. The molecule has 0 aliphatic carbocycles. The Morgan fingerprint density at radius 3 is 2.61 bits per heavy atom. The first kappa shape index (κ1) is 23.1. The molecule has 0 unspecified atom stereocenters. The van der Waals surface area contributed by atoms with Gasteiger partial charge in [-0.2, -0.15) is 13.2 Å². The minimum atomic E-state index is -4.48. The molecule has 3 aliphatic rings. The fraction of sp³-hybridized carbons (Fsp3) is 0.500. The van der Waals surface area contributed by atoms with Crippen molar-refractivity contribution in [3.05, 3.63) is 46.7 Å². The molecule has 0 bridgehead atoms. The van der Waals surface area contributed by atoms with Crippen molar-refractivity contribution in [2.75, 3.05) is 33.3 Å². The molecule has 3 heterocycles. The van der Waals surface area contributed by atoms with E-state index < -0.39 is 23.8 Å². The lowest BCUT2D eigenvalue weighted by atomic mass is 9.95. The molecule has 3 aliphatic heterocycles. The van der Waals surface area contributed by atoms with E-state index in [4.69, 9.17) is 4.74 Å². The first-order valence-electron chi connectivity index (χ1n) is 10.8. The van der Waals surface area contributed by atoms with Crippen LogP contribution in [0.2, 0.25) is 0 Å². The van der Waals surface area contributed by atoms with E-state index in [1.54, 1.807) is 0 Å². The Labute approximate surface area is 188 Å². The van der Waals surface area contributed by atoms with E-state index in [9.17, 15) is 27.6 Å². The summed E-state index contributed by atoms with van der Waals surface area (Å²) in [6.07, 6.45) is -2.49. The molecule has 0 spiro atoms. The molecule has 8 nitrogen and oxygen atoms in total. The highest BCUT2D eigenvalue weighted by Gasteiger charge is 2.43. The zero-order valence-corrected chi connectivity index (χ0v) is 18.1. The summed E-state index contributed by atoms with van der Waals surface area (Å²) in [5.74, 6) is -0.557. The monoisotopic (exact) mass is 466 g/mol. The molecule has 0 saturated carbocycles. The summed E-state index contributed by atoms with van der Waals surface area (Å²) >= 11 is 0. The molecule has 1 saturated heterocycles. The molecule has 33 heavy (non-hydrogen) atoms. The number of rotatable bonds is 6. The number of benzene rings is 1.